The van der Waals surface area contributed by atoms with Gasteiger partial charge in [0, 0.05) is 12.6 Å². The van der Waals surface area contributed by atoms with Crippen LogP contribution >= 0.6 is 0 Å². The highest BCUT2D eigenvalue weighted by Crippen LogP contribution is 2.27. The van der Waals surface area contributed by atoms with E-state index in [0.717, 1.165) is 13.1 Å². The van der Waals surface area contributed by atoms with Crippen molar-refractivity contribution in [1.29, 1.82) is 0 Å². The van der Waals surface area contributed by atoms with Crippen LogP contribution in [-0.2, 0) is 0 Å². The van der Waals surface area contributed by atoms with Crippen LogP contribution in [0.4, 0.5) is 27.6 Å². The number of hydrogen-bond donors (Lipinski definition) is 1. The molecule has 0 amide bonds. The van der Waals surface area contributed by atoms with Crippen molar-refractivity contribution in [3.05, 3.63) is 29.1 Å². The minimum absolute atomic E-state index is 0.423. The third kappa shape index (κ3) is 3.39. The van der Waals surface area contributed by atoms with Crippen LogP contribution in [-0.4, -0.2) is 30.6 Å². The predicted molar refractivity (Wildman–Crippen MR) is 67.1 cm³/mol. The van der Waals surface area contributed by atoms with Crippen LogP contribution in [0.25, 0.3) is 0 Å². The Morgan fingerprint density at radius 2 is 1.25 bits per heavy atom. The molecule has 0 bridgehead atoms. The van der Waals surface area contributed by atoms with Crippen molar-refractivity contribution >= 4 is 5.69 Å². The van der Waals surface area contributed by atoms with Gasteiger partial charge in [0.1, 0.15) is 5.69 Å². The van der Waals surface area contributed by atoms with Gasteiger partial charge in [-0.3, -0.25) is 0 Å². The van der Waals surface area contributed by atoms with Crippen LogP contribution in [0.15, 0.2) is 0 Å². The highest BCUT2D eigenvalue weighted by molar-refractivity contribution is 5.48. The summed E-state index contributed by atoms with van der Waals surface area (Å²) in [6, 6.07) is -0.469. The number of rotatable bonds is 6. The van der Waals surface area contributed by atoms with Crippen molar-refractivity contribution in [3.8, 4) is 0 Å². The molecule has 1 aromatic rings. The van der Waals surface area contributed by atoms with E-state index >= 15 is 0 Å². The van der Waals surface area contributed by atoms with Crippen LogP contribution < -0.4 is 5.32 Å². The SMILES string of the molecule is CCN(CC)CC(C)Nc1c(F)c(F)c(F)c(F)c1F. The molecule has 1 N–H and O–H groups in total. The van der Waals surface area contributed by atoms with Crippen molar-refractivity contribution in [1.82, 2.24) is 4.90 Å². The van der Waals surface area contributed by atoms with Crippen LogP contribution in [0.2, 0.25) is 0 Å². The molecule has 0 saturated carbocycles. The Hall–Kier alpha value is -1.37. The zero-order valence-electron chi connectivity index (χ0n) is 11.5. The van der Waals surface area contributed by atoms with E-state index in [2.05, 4.69) is 5.32 Å². The fourth-order valence-electron chi connectivity index (χ4n) is 1.89. The average molecular weight is 296 g/mol. The van der Waals surface area contributed by atoms with Crippen molar-refractivity contribution in [2.45, 2.75) is 26.8 Å². The molecule has 0 heterocycles. The molecule has 0 aliphatic rings. The summed E-state index contributed by atoms with van der Waals surface area (Å²) in [4.78, 5) is 1.96. The number of hydrogen-bond acceptors (Lipinski definition) is 2. The third-order valence-corrected chi connectivity index (χ3v) is 3.03. The van der Waals surface area contributed by atoms with Gasteiger partial charge < -0.3 is 10.2 Å². The maximum atomic E-state index is 13.5. The first-order chi connectivity index (χ1) is 9.33. The van der Waals surface area contributed by atoms with Crippen molar-refractivity contribution in [2.75, 3.05) is 25.0 Å². The van der Waals surface area contributed by atoms with Gasteiger partial charge in [-0.1, -0.05) is 13.8 Å². The topological polar surface area (TPSA) is 15.3 Å². The van der Waals surface area contributed by atoms with E-state index in [-0.39, 0.29) is 0 Å². The fourth-order valence-corrected chi connectivity index (χ4v) is 1.89. The third-order valence-electron chi connectivity index (χ3n) is 3.03. The molecule has 1 atom stereocenters. The van der Waals surface area contributed by atoms with Gasteiger partial charge >= 0.3 is 0 Å². The summed E-state index contributed by atoms with van der Waals surface area (Å²) in [5.74, 6) is -9.72. The second kappa shape index (κ2) is 6.88. The first-order valence-corrected chi connectivity index (χ1v) is 6.33. The summed E-state index contributed by atoms with van der Waals surface area (Å²) in [5, 5.41) is 2.35. The molecule has 1 unspecified atom stereocenters. The first kappa shape index (κ1) is 16.7. The largest absolute Gasteiger partial charge is 0.376 e. The summed E-state index contributed by atoms with van der Waals surface area (Å²) in [6.07, 6.45) is 0. The second-order valence-electron chi connectivity index (χ2n) is 4.48. The van der Waals surface area contributed by atoms with Crippen LogP contribution in [0.1, 0.15) is 20.8 Å². The number of anilines is 1. The average Bonchev–Trinajstić information content (AvgIpc) is 2.45. The smallest absolute Gasteiger partial charge is 0.200 e. The van der Waals surface area contributed by atoms with Crippen LogP contribution in [0.5, 0.6) is 0 Å². The zero-order chi connectivity index (χ0) is 15.4. The van der Waals surface area contributed by atoms with Gasteiger partial charge in [0.25, 0.3) is 0 Å². The molecule has 7 heteroatoms. The van der Waals surface area contributed by atoms with Gasteiger partial charge in [-0.15, -0.1) is 0 Å². The Morgan fingerprint density at radius 3 is 1.65 bits per heavy atom. The Balaban J connectivity index is 2.98. The fraction of sp³-hybridized carbons (Fsp3) is 0.538. The zero-order valence-corrected chi connectivity index (χ0v) is 11.5. The Labute approximate surface area is 114 Å². The van der Waals surface area contributed by atoms with E-state index in [1.54, 1.807) is 6.92 Å². The predicted octanol–water partition coefficient (Wildman–Crippen LogP) is 3.52. The standard InChI is InChI=1S/C13H17F5N2/c1-4-20(5-2)6-7(3)19-13-11(17)9(15)8(14)10(16)12(13)18/h7,19H,4-6H2,1-3H3. The maximum absolute atomic E-state index is 13.5. The molecule has 0 aliphatic heterocycles. The maximum Gasteiger partial charge on any atom is 0.200 e. The number of benzene rings is 1. The molecule has 0 spiro atoms. The van der Waals surface area contributed by atoms with Crippen molar-refractivity contribution in [3.63, 3.8) is 0 Å². The lowest BCUT2D eigenvalue weighted by Crippen LogP contribution is -2.35. The molecule has 20 heavy (non-hydrogen) atoms. The highest BCUT2D eigenvalue weighted by Gasteiger charge is 2.26. The summed E-state index contributed by atoms with van der Waals surface area (Å²) >= 11 is 0. The molecule has 2 nitrogen and oxygen atoms in total. The van der Waals surface area contributed by atoms with Crippen molar-refractivity contribution < 1.29 is 22.0 Å². The molecule has 0 saturated heterocycles. The van der Waals surface area contributed by atoms with Crippen LogP contribution in [0.3, 0.4) is 0 Å². The van der Waals surface area contributed by atoms with E-state index in [1.165, 1.54) is 0 Å². The van der Waals surface area contributed by atoms with Gasteiger partial charge in [-0.2, -0.15) is 0 Å². The Bertz CT molecular complexity index is 445. The summed E-state index contributed by atoms with van der Waals surface area (Å²) in [7, 11) is 0. The van der Waals surface area contributed by atoms with Gasteiger partial charge in [-0.05, 0) is 20.0 Å². The van der Waals surface area contributed by atoms with Gasteiger partial charge in [0.05, 0.1) is 0 Å². The molecular formula is C13H17F5N2. The number of nitrogens with zero attached hydrogens (tertiary/aromatic N) is 1. The van der Waals surface area contributed by atoms with E-state index in [0.29, 0.717) is 6.54 Å². The summed E-state index contributed by atoms with van der Waals surface area (Å²) < 4.78 is 65.9. The van der Waals surface area contributed by atoms with E-state index in [1.807, 2.05) is 18.7 Å². The molecule has 1 aromatic carbocycles. The summed E-state index contributed by atoms with van der Waals surface area (Å²) in [5.41, 5.74) is -0.985. The quantitative estimate of drug-likeness (QED) is 0.491. The molecular weight excluding hydrogens is 279 g/mol. The lowest BCUT2D eigenvalue weighted by atomic mass is 10.2. The molecule has 0 aliphatic carbocycles. The first-order valence-electron chi connectivity index (χ1n) is 6.33. The van der Waals surface area contributed by atoms with E-state index in [9.17, 15) is 22.0 Å². The Kier molecular flexibility index (Phi) is 5.74. The molecule has 114 valence electrons. The lowest BCUT2D eigenvalue weighted by molar-refractivity contribution is 0.294. The monoisotopic (exact) mass is 296 g/mol. The minimum Gasteiger partial charge on any atom is -0.376 e. The van der Waals surface area contributed by atoms with E-state index in [4.69, 9.17) is 0 Å². The Morgan fingerprint density at radius 1 is 0.850 bits per heavy atom. The number of halogens is 5. The van der Waals surface area contributed by atoms with Gasteiger partial charge in [0.15, 0.2) is 23.3 Å². The van der Waals surface area contributed by atoms with Crippen LogP contribution in [0, 0.1) is 29.1 Å². The molecule has 0 fully saturated rings. The van der Waals surface area contributed by atoms with E-state index < -0.39 is 40.8 Å². The lowest BCUT2D eigenvalue weighted by Gasteiger charge is -2.24. The molecule has 0 aromatic heterocycles. The molecule has 1 rings (SSSR count). The number of nitrogens with one attached hydrogen (secondary N) is 1. The van der Waals surface area contributed by atoms with Gasteiger partial charge in [0.2, 0.25) is 5.82 Å². The molecule has 0 radical (unpaired) electrons. The highest BCUT2D eigenvalue weighted by atomic mass is 19.2. The minimum atomic E-state index is -2.15. The van der Waals surface area contributed by atoms with Crippen molar-refractivity contribution in [2.24, 2.45) is 0 Å². The van der Waals surface area contributed by atoms with Gasteiger partial charge in [-0.25, -0.2) is 22.0 Å². The normalized spacial score (nSPS) is 12.8. The summed E-state index contributed by atoms with van der Waals surface area (Å²) in [6.45, 7) is 7.30. The second-order valence-corrected chi connectivity index (χ2v) is 4.48. The number of likely N-dealkylation sites (N-methyl/N-ethyl adjacent to an activating group) is 1.